The third-order valence-corrected chi connectivity index (χ3v) is 13.1. The molecule has 0 aromatic carbocycles. The van der Waals surface area contributed by atoms with Crippen LogP contribution in [0, 0.1) is 50.2 Å². The summed E-state index contributed by atoms with van der Waals surface area (Å²) < 4.78 is 0. The molecule has 6 heteroatoms. The molecule has 0 heterocycles. The molecule has 5 aliphatic carbocycles. The Kier molecular flexibility index (Phi) is 5.61. The highest BCUT2D eigenvalue weighted by Crippen LogP contribution is 2.75. The zero-order valence-electron chi connectivity index (χ0n) is 23.2. The van der Waals surface area contributed by atoms with Crippen LogP contribution in [-0.4, -0.2) is 55.9 Å². The molecule has 0 amide bonds. The molecule has 4 fully saturated rings. The standard InChI is InChI=1S/C30H48O6/c1-25(2)10-12-30(24(35)36)13-11-28(6)16(20(30)23(25)34)8-9-19-27(5)14-18(32)22(33)26(3,4)21(27)17(31)15-29(19,28)7/h8,17-23,31-34H,9-15H2,1-7H3,(H,35,36)/t17-,18+,19+,20+,21-,22-,23-,27+,28-,29+,30-/m0/s1. The molecular formula is C30H48O6. The average molecular weight is 505 g/mol. The molecule has 0 aromatic heterocycles. The van der Waals surface area contributed by atoms with E-state index >= 15 is 0 Å². The number of allylic oxidation sites excluding steroid dienone is 1. The van der Waals surface area contributed by atoms with Crippen molar-refractivity contribution >= 4 is 5.97 Å². The lowest BCUT2D eigenvalue weighted by atomic mass is 9.32. The quantitative estimate of drug-likeness (QED) is 0.343. The van der Waals surface area contributed by atoms with E-state index < -0.39 is 47.1 Å². The lowest BCUT2D eigenvalue weighted by molar-refractivity contribution is -0.264. The molecule has 0 aliphatic heterocycles. The zero-order chi connectivity index (χ0) is 26.9. The summed E-state index contributed by atoms with van der Waals surface area (Å²) in [6.45, 7) is 14.8. The third kappa shape index (κ3) is 2.96. The molecular weight excluding hydrogens is 456 g/mol. The summed E-state index contributed by atoms with van der Waals surface area (Å²) in [5, 5.41) is 55.8. The van der Waals surface area contributed by atoms with E-state index in [0.29, 0.717) is 38.5 Å². The number of aliphatic carboxylic acids is 1. The Balaban J connectivity index is 1.66. The molecule has 0 unspecified atom stereocenters. The van der Waals surface area contributed by atoms with Crippen LogP contribution in [0.4, 0.5) is 0 Å². The summed E-state index contributed by atoms with van der Waals surface area (Å²) in [7, 11) is 0. The maximum atomic E-state index is 12.8. The van der Waals surface area contributed by atoms with E-state index in [1.165, 1.54) is 0 Å². The SMILES string of the molecule is CC1(C)CC[C@]2(C(=O)O)CC[C@@]3(C)C(=CC[C@@H]4[C@@]5(C)C[C@@H](O)[C@H](O)C(C)(C)[C@@H]5[C@@H](O)C[C@]43C)[C@@H]2[C@@H]1O. The molecule has 204 valence electrons. The molecule has 5 N–H and O–H groups in total. The van der Waals surface area contributed by atoms with Gasteiger partial charge in [-0.2, -0.15) is 0 Å². The van der Waals surface area contributed by atoms with Crippen LogP contribution in [-0.2, 0) is 4.79 Å². The first-order chi connectivity index (χ1) is 16.4. The van der Waals surface area contributed by atoms with Gasteiger partial charge in [-0.1, -0.05) is 60.1 Å². The fraction of sp³-hybridized carbons (Fsp3) is 0.900. The van der Waals surface area contributed by atoms with E-state index in [2.05, 4.69) is 40.7 Å². The summed E-state index contributed by atoms with van der Waals surface area (Å²) in [5.74, 6) is -1.21. The van der Waals surface area contributed by atoms with Gasteiger partial charge in [-0.05, 0) is 83.9 Å². The van der Waals surface area contributed by atoms with Crippen molar-refractivity contribution in [2.75, 3.05) is 0 Å². The summed E-state index contributed by atoms with van der Waals surface area (Å²) in [6, 6.07) is 0. The number of hydrogen-bond donors (Lipinski definition) is 5. The van der Waals surface area contributed by atoms with Crippen LogP contribution < -0.4 is 0 Å². The molecule has 6 nitrogen and oxygen atoms in total. The van der Waals surface area contributed by atoms with Crippen LogP contribution in [0.15, 0.2) is 11.6 Å². The molecule has 0 radical (unpaired) electrons. The van der Waals surface area contributed by atoms with Gasteiger partial charge in [-0.25, -0.2) is 0 Å². The second-order valence-electron chi connectivity index (χ2n) is 15.4. The topological polar surface area (TPSA) is 118 Å². The Bertz CT molecular complexity index is 986. The van der Waals surface area contributed by atoms with E-state index in [1.54, 1.807) is 0 Å². The fourth-order valence-corrected chi connectivity index (χ4v) is 10.9. The van der Waals surface area contributed by atoms with Gasteiger partial charge in [0.1, 0.15) is 0 Å². The maximum absolute atomic E-state index is 12.8. The summed E-state index contributed by atoms with van der Waals surface area (Å²) >= 11 is 0. The number of fused-ring (bicyclic) bond motifs is 7. The second-order valence-corrected chi connectivity index (χ2v) is 15.4. The number of hydrogen-bond acceptors (Lipinski definition) is 5. The maximum Gasteiger partial charge on any atom is 0.310 e. The van der Waals surface area contributed by atoms with E-state index in [9.17, 15) is 30.3 Å². The largest absolute Gasteiger partial charge is 0.481 e. The minimum atomic E-state index is -0.948. The van der Waals surface area contributed by atoms with Crippen molar-refractivity contribution in [2.24, 2.45) is 50.2 Å². The van der Waals surface area contributed by atoms with Crippen LogP contribution in [0.3, 0.4) is 0 Å². The number of carboxylic acids is 1. The van der Waals surface area contributed by atoms with Crippen LogP contribution in [0.2, 0.25) is 0 Å². The first-order valence-corrected chi connectivity index (χ1v) is 14.1. The zero-order valence-corrected chi connectivity index (χ0v) is 23.2. The highest BCUT2D eigenvalue weighted by Gasteiger charge is 2.72. The molecule has 36 heavy (non-hydrogen) atoms. The number of carbonyl (C=O) groups is 1. The normalized spacial score (nSPS) is 55.3. The van der Waals surface area contributed by atoms with E-state index in [1.807, 2.05) is 13.8 Å². The van der Waals surface area contributed by atoms with Gasteiger partial charge in [-0.15, -0.1) is 0 Å². The molecule has 0 saturated heterocycles. The van der Waals surface area contributed by atoms with E-state index in [-0.39, 0.29) is 33.5 Å². The van der Waals surface area contributed by atoms with Gasteiger partial charge in [-0.3, -0.25) is 4.79 Å². The van der Waals surface area contributed by atoms with Gasteiger partial charge >= 0.3 is 5.97 Å². The minimum Gasteiger partial charge on any atom is -0.481 e. The molecule has 0 aromatic rings. The summed E-state index contributed by atoms with van der Waals surface area (Å²) in [5.41, 5.74) is -1.94. The van der Waals surface area contributed by atoms with Crippen molar-refractivity contribution in [2.45, 2.75) is 118 Å². The Labute approximate surface area is 216 Å². The second kappa shape index (κ2) is 7.58. The van der Waals surface area contributed by atoms with Gasteiger partial charge < -0.3 is 25.5 Å². The van der Waals surface area contributed by atoms with Crippen LogP contribution in [0.1, 0.15) is 93.4 Å². The fourth-order valence-electron chi connectivity index (χ4n) is 10.9. The van der Waals surface area contributed by atoms with Crippen molar-refractivity contribution in [3.8, 4) is 0 Å². The molecule has 0 bridgehead atoms. The number of carboxylic acid groups (broad SMARTS) is 1. The third-order valence-electron chi connectivity index (χ3n) is 13.1. The number of aliphatic hydroxyl groups excluding tert-OH is 4. The van der Waals surface area contributed by atoms with Gasteiger partial charge in [0.2, 0.25) is 0 Å². The first kappa shape index (κ1) is 26.6. The lowest BCUT2D eigenvalue weighted by Crippen LogP contribution is -2.71. The van der Waals surface area contributed by atoms with Gasteiger partial charge in [0.15, 0.2) is 0 Å². The Morgan fingerprint density at radius 1 is 0.833 bits per heavy atom. The monoisotopic (exact) mass is 504 g/mol. The van der Waals surface area contributed by atoms with Crippen LogP contribution >= 0.6 is 0 Å². The van der Waals surface area contributed by atoms with Crippen molar-refractivity contribution in [1.82, 2.24) is 0 Å². The number of rotatable bonds is 1. The molecule has 5 aliphatic rings. The first-order valence-electron chi connectivity index (χ1n) is 14.1. The minimum absolute atomic E-state index is 0.152. The van der Waals surface area contributed by atoms with Crippen molar-refractivity contribution in [3.63, 3.8) is 0 Å². The van der Waals surface area contributed by atoms with Gasteiger partial charge in [0.05, 0.1) is 29.8 Å². The van der Waals surface area contributed by atoms with Crippen LogP contribution in [0.25, 0.3) is 0 Å². The van der Waals surface area contributed by atoms with Crippen molar-refractivity contribution in [1.29, 1.82) is 0 Å². The van der Waals surface area contributed by atoms with Crippen molar-refractivity contribution in [3.05, 3.63) is 11.6 Å². The molecule has 5 rings (SSSR count). The highest BCUT2D eigenvalue weighted by atomic mass is 16.4. The summed E-state index contributed by atoms with van der Waals surface area (Å²) in [4.78, 5) is 12.8. The predicted molar refractivity (Wildman–Crippen MR) is 137 cm³/mol. The average Bonchev–Trinajstić information content (AvgIpc) is 2.74. The Hall–Kier alpha value is -0.950. The van der Waals surface area contributed by atoms with Gasteiger partial charge in [0.25, 0.3) is 0 Å². The molecule has 11 atom stereocenters. The van der Waals surface area contributed by atoms with Gasteiger partial charge in [0, 0.05) is 5.92 Å². The Morgan fingerprint density at radius 3 is 2.06 bits per heavy atom. The molecule has 4 saturated carbocycles. The van der Waals surface area contributed by atoms with E-state index in [4.69, 9.17) is 0 Å². The van der Waals surface area contributed by atoms with Crippen molar-refractivity contribution < 1.29 is 30.3 Å². The smallest absolute Gasteiger partial charge is 0.310 e. The molecule has 0 spiro atoms. The summed E-state index contributed by atoms with van der Waals surface area (Å²) in [6.07, 6.45) is 3.40. The predicted octanol–water partition coefficient (Wildman–Crippen LogP) is 4.15. The van der Waals surface area contributed by atoms with Crippen LogP contribution in [0.5, 0.6) is 0 Å². The highest BCUT2D eigenvalue weighted by molar-refractivity contribution is 5.77. The lowest BCUT2D eigenvalue weighted by Gasteiger charge is -2.72. The Morgan fingerprint density at radius 2 is 1.44 bits per heavy atom. The van der Waals surface area contributed by atoms with E-state index in [0.717, 1.165) is 12.0 Å². The number of aliphatic hydroxyl groups is 4.